The molecule has 1 aromatic heterocycles. The first-order chi connectivity index (χ1) is 9.15. The number of hydrogen-bond donors (Lipinski definition) is 2. The molecule has 0 spiro atoms. The highest BCUT2D eigenvalue weighted by molar-refractivity contribution is 5.39. The van der Waals surface area contributed by atoms with Crippen LogP contribution in [0.25, 0.3) is 0 Å². The van der Waals surface area contributed by atoms with Gasteiger partial charge in [0.25, 0.3) is 0 Å². The van der Waals surface area contributed by atoms with E-state index in [9.17, 15) is 0 Å². The number of nitrogens with zero attached hydrogens (tertiary/aromatic N) is 1. The minimum Gasteiger partial charge on any atom is -0.495 e. The second kappa shape index (κ2) is 5.82. The molecule has 1 aromatic carbocycles. The van der Waals surface area contributed by atoms with Crippen LogP contribution in [0.4, 0.5) is 0 Å². The number of methoxy groups -OCH3 is 1. The maximum Gasteiger partial charge on any atom is 0.137 e. The van der Waals surface area contributed by atoms with Crippen LogP contribution in [0.1, 0.15) is 28.3 Å². The number of nitrogens with two attached hydrogens (primary N) is 1. The number of benzene rings is 1. The maximum atomic E-state index is 5.72. The number of pyridine rings is 1. The zero-order valence-electron chi connectivity index (χ0n) is 11.5. The predicted octanol–water partition coefficient (Wildman–Crippen LogP) is 2.26. The highest BCUT2D eigenvalue weighted by Crippen LogP contribution is 2.26. The number of aryl methyl sites for hydroxylation is 2. The molecule has 100 valence electrons. The van der Waals surface area contributed by atoms with Crippen molar-refractivity contribution in [3.8, 4) is 5.75 Å². The highest BCUT2D eigenvalue weighted by Gasteiger charge is 2.15. The normalized spacial score (nSPS) is 12.2. The largest absolute Gasteiger partial charge is 0.495 e. The van der Waals surface area contributed by atoms with Crippen LogP contribution in [0.15, 0.2) is 36.7 Å². The molecule has 0 radical (unpaired) electrons. The van der Waals surface area contributed by atoms with Crippen molar-refractivity contribution in [2.75, 3.05) is 7.11 Å². The van der Waals surface area contributed by atoms with Gasteiger partial charge in [-0.3, -0.25) is 10.8 Å². The highest BCUT2D eigenvalue weighted by atomic mass is 16.5. The van der Waals surface area contributed by atoms with Crippen LogP contribution in [0.5, 0.6) is 5.75 Å². The summed E-state index contributed by atoms with van der Waals surface area (Å²) in [4.78, 5) is 4.18. The summed E-state index contributed by atoms with van der Waals surface area (Å²) in [5, 5.41) is 0. The van der Waals surface area contributed by atoms with E-state index in [0.717, 1.165) is 16.9 Å². The van der Waals surface area contributed by atoms with E-state index < -0.39 is 0 Å². The first kappa shape index (κ1) is 13.5. The number of hydrazine groups is 1. The number of hydrogen-bond acceptors (Lipinski definition) is 4. The SMILES string of the molecule is COc1cncc(C(NN)c2ccc(C)cc2C)c1. The molecule has 1 heterocycles. The molecule has 0 saturated heterocycles. The van der Waals surface area contributed by atoms with Gasteiger partial charge in [-0.2, -0.15) is 0 Å². The van der Waals surface area contributed by atoms with Gasteiger partial charge in [0.05, 0.1) is 19.3 Å². The Kier molecular flexibility index (Phi) is 4.14. The summed E-state index contributed by atoms with van der Waals surface area (Å²) in [5.74, 6) is 6.44. The molecule has 0 aliphatic heterocycles. The van der Waals surface area contributed by atoms with E-state index in [1.165, 1.54) is 11.1 Å². The lowest BCUT2D eigenvalue weighted by molar-refractivity contribution is 0.411. The van der Waals surface area contributed by atoms with Gasteiger partial charge in [0, 0.05) is 6.20 Å². The Morgan fingerprint density at radius 3 is 2.63 bits per heavy atom. The van der Waals surface area contributed by atoms with Crippen molar-refractivity contribution >= 4 is 0 Å². The van der Waals surface area contributed by atoms with E-state index in [-0.39, 0.29) is 6.04 Å². The molecule has 1 atom stereocenters. The van der Waals surface area contributed by atoms with E-state index in [4.69, 9.17) is 10.6 Å². The fraction of sp³-hybridized carbons (Fsp3) is 0.267. The fourth-order valence-corrected chi connectivity index (χ4v) is 2.22. The number of ether oxygens (including phenoxy) is 1. The second-order valence-electron chi connectivity index (χ2n) is 4.62. The zero-order chi connectivity index (χ0) is 13.8. The molecular formula is C15H19N3O. The van der Waals surface area contributed by atoms with Gasteiger partial charge in [0.1, 0.15) is 5.75 Å². The molecule has 19 heavy (non-hydrogen) atoms. The Bertz CT molecular complexity index is 569. The predicted molar refractivity (Wildman–Crippen MR) is 75.9 cm³/mol. The third-order valence-corrected chi connectivity index (χ3v) is 3.21. The fourth-order valence-electron chi connectivity index (χ4n) is 2.22. The molecule has 0 amide bonds. The standard InChI is InChI=1S/C15H19N3O/c1-10-4-5-14(11(2)6-10)15(18-16)12-7-13(19-3)9-17-8-12/h4-9,15,18H,16H2,1-3H3. The number of aromatic nitrogens is 1. The van der Waals surface area contributed by atoms with Crippen molar-refractivity contribution in [1.82, 2.24) is 10.4 Å². The second-order valence-corrected chi connectivity index (χ2v) is 4.62. The quantitative estimate of drug-likeness (QED) is 0.651. The van der Waals surface area contributed by atoms with Crippen molar-refractivity contribution in [3.63, 3.8) is 0 Å². The Morgan fingerprint density at radius 1 is 1.21 bits per heavy atom. The summed E-state index contributed by atoms with van der Waals surface area (Å²) in [5.41, 5.74) is 7.41. The Hall–Kier alpha value is -1.91. The topological polar surface area (TPSA) is 60.2 Å². The van der Waals surface area contributed by atoms with Gasteiger partial charge in [-0.15, -0.1) is 0 Å². The van der Waals surface area contributed by atoms with Crippen LogP contribution in [-0.4, -0.2) is 12.1 Å². The van der Waals surface area contributed by atoms with Gasteiger partial charge in [-0.1, -0.05) is 23.8 Å². The van der Waals surface area contributed by atoms with Crippen molar-refractivity contribution in [2.45, 2.75) is 19.9 Å². The molecule has 0 fully saturated rings. The first-order valence-corrected chi connectivity index (χ1v) is 6.18. The molecular weight excluding hydrogens is 238 g/mol. The summed E-state index contributed by atoms with van der Waals surface area (Å²) >= 11 is 0. The molecule has 2 aromatic rings. The van der Waals surface area contributed by atoms with Crippen LogP contribution in [0.3, 0.4) is 0 Å². The molecule has 4 heteroatoms. The summed E-state index contributed by atoms with van der Waals surface area (Å²) in [7, 11) is 1.63. The number of rotatable bonds is 4. The average Bonchev–Trinajstić information content (AvgIpc) is 2.42. The van der Waals surface area contributed by atoms with Crippen LogP contribution in [-0.2, 0) is 0 Å². The third kappa shape index (κ3) is 2.92. The Labute approximate surface area is 113 Å². The smallest absolute Gasteiger partial charge is 0.137 e. The van der Waals surface area contributed by atoms with Gasteiger partial charge in [-0.25, -0.2) is 5.43 Å². The molecule has 0 bridgehead atoms. The lowest BCUT2D eigenvalue weighted by Gasteiger charge is -2.19. The minimum absolute atomic E-state index is 0.0943. The lowest BCUT2D eigenvalue weighted by Crippen LogP contribution is -2.29. The van der Waals surface area contributed by atoms with Crippen molar-refractivity contribution in [1.29, 1.82) is 0 Å². The van der Waals surface area contributed by atoms with Gasteiger partial charge in [0.2, 0.25) is 0 Å². The van der Waals surface area contributed by atoms with Crippen molar-refractivity contribution in [2.24, 2.45) is 5.84 Å². The minimum atomic E-state index is -0.0943. The van der Waals surface area contributed by atoms with Crippen molar-refractivity contribution in [3.05, 3.63) is 58.9 Å². The van der Waals surface area contributed by atoms with Gasteiger partial charge in [-0.05, 0) is 36.6 Å². The van der Waals surface area contributed by atoms with Gasteiger partial charge < -0.3 is 4.74 Å². The van der Waals surface area contributed by atoms with E-state index in [1.54, 1.807) is 19.5 Å². The average molecular weight is 257 g/mol. The molecule has 0 aliphatic rings. The first-order valence-electron chi connectivity index (χ1n) is 6.18. The van der Waals surface area contributed by atoms with E-state index in [2.05, 4.69) is 42.5 Å². The molecule has 0 aliphatic carbocycles. The molecule has 3 N–H and O–H groups in total. The molecule has 2 rings (SSSR count). The summed E-state index contributed by atoms with van der Waals surface area (Å²) in [6.07, 6.45) is 3.48. The number of nitrogens with one attached hydrogen (secondary N) is 1. The zero-order valence-corrected chi connectivity index (χ0v) is 11.5. The van der Waals surface area contributed by atoms with E-state index in [0.29, 0.717) is 0 Å². The van der Waals surface area contributed by atoms with Crippen LogP contribution >= 0.6 is 0 Å². The van der Waals surface area contributed by atoms with E-state index in [1.807, 2.05) is 6.07 Å². The molecule has 1 unspecified atom stereocenters. The Balaban J connectivity index is 2.43. The monoisotopic (exact) mass is 257 g/mol. The van der Waals surface area contributed by atoms with Gasteiger partial charge >= 0.3 is 0 Å². The summed E-state index contributed by atoms with van der Waals surface area (Å²) in [6, 6.07) is 8.17. The van der Waals surface area contributed by atoms with E-state index >= 15 is 0 Å². The van der Waals surface area contributed by atoms with Gasteiger partial charge in [0.15, 0.2) is 0 Å². The molecule has 4 nitrogen and oxygen atoms in total. The molecule has 0 saturated carbocycles. The summed E-state index contributed by atoms with van der Waals surface area (Å²) in [6.45, 7) is 4.16. The lowest BCUT2D eigenvalue weighted by atomic mass is 9.95. The van der Waals surface area contributed by atoms with Crippen LogP contribution in [0.2, 0.25) is 0 Å². The summed E-state index contributed by atoms with van der Waals surface area (Å²) < 4.78 is 5.20. The van der Waals surface area contributed by atoms with Crippen LogP contribution in [0, 0.1) is 13.8 Å². The van der Waals surface area contributed by atoms with Crippen molar-refractivity contribution < 1.29 is 4.74 Å². The maximum absolute atomic E-state index is 5.72. The Morgan fingerprint density at radius 2 is 2.00 bits per heavy atom. The third-order valence-electron chi connectivity index (χ3n) is 3.21. The van der Waals surface area contributed by atoms with Crippen LogP contribution < -0.4 is 16.0 Å².